The average Bonchev–Trinajstić information content (AvgIpc) is 2.43. The predicted molar refractivity (Wildman–Crippen MR) is 82.5 cm³/mol. The number of aromatic nitrogens is 1. The van der Waals surface area contributed by atoms with Gasteiger partial charge in [0.2, 0.25) is 5.88 Å². The minimum Gasteiger partial charge on any atom is -0.439 e. The Morgan fingerprint density at radius 1 is 1.32 bits per heavy atom. The zero-order valence-electron chi connectivity index (χ0n) is 10.9. The molecule has 0 N–H and O–H groups in total. The predicted octanol–water partition coefficient (Wildman–Crippen LogP) is 5.29. The molecule has 0 aliphatic carbocycles. The number of aryl methyl sites for hydroxylation is 2. The number of alkyl halides is 1. The van der Waals surface area contributed by atoms with E-state index < -0.39 is 0 Å². The Bertz CT molecular complexity index is 586. The van der Waals surface area contributed by atoms with Crippen molar-refractivity contribution in [1.29, 1.82) is 0 Å². The number of nitrogens with zero attached hydrogens (tertiary/aromatic N) is 1. The highest BCUT2D eigenvalue weighted by atomic mass is 79.9. The second kappa shape index (κ2) is 6.40. The highest BCUT2D eigenvalue weighted by Crippen LogP contribution is 2.27. The molecule has 2 aromatic rings. The average molecular weight is 341 g/mol. The topological polar surface area (TPSA) is 22.1 Å². The van der Waals surface area contributed by atoms with Gasteiger partial charge < -0.3 is 4.74 Å². The molecular formula is C15H15BrClNO. The third kappa shape index (κ3) is 3.48. The molecule has 0 fully saturated rings. The lowest BCUT2D eigenvalue weighted by Crippen LogP contribution is -1.94. The third-order valence-corrected chi connectivity index (χ3v) is 3.87. The largest absolute Gasteiger partial charge is 0.439 e. The van der Waals surface area contributed by atoms with Crippen LogP contribution in [0.25, 0.3) is 0 Å². The number of hydrogen-bond acceptors (Lipinski definition) is 2. The maximum Gasteiger partial charge on any atom is 0.222 e. The summed E-state index contributed by atoms with van der Waals surface area (Å²) in [7, 11) is 0. The van der Waals surface area contributed by atoms with Crippen LogP contribution < -0.4 is 4.74 Å². The first-order chi connectivity index (χ1) is 9.13. The summed E-state index contributed by atoms with van der Waals surface area (Å²) in [4.78, 5) is 4.34. The van der Waals surface area contributed by atoms with Crippen molar-refractivity contribution in [3.63, 3.8) is 0 Å². The highest BCUT2D eigenvalue weighted by molar-refractivity contribution is 9.08. The van der Waals surface area contributed by atoms with E-state index in [1.54, 1.807) is 0 Å². The van der Waals surface area contributed by atoms with Gasteiger partial charge in [-0.3, -0.25) is 0 Å². The summed E-state index contributed by atoms with van der Waals surface area (Å²) in [5.74, 6) is 1.40. The summed E-state index contributed by atoms with van der Waals surface area (Å²) in [6.07, 6.45) is 2.69. The second-order valence-electron chi connectivity index (χ2n) is 4.31. The van der Waals surface area contributed by atoms with E-state index in [9.17, 15) is 0 Å². The van der Waals surface area contributed by atoms with E-state index in [0.29, 0.717) is 5.88 Å². The van der Waals surface area contributed by atoms with Crippen molar-refractivity contribution in [3.05, 3.63) is 52.2 Å². The second-order valence-corrected chi connectivity index (χ2v) is 5.28. The molecule has 0 spiro atoms. The molecule has 0 unspecified atom stereocenters. The molecule has 2 rings (SSSR count). The first-order valence-electron chi connectivity index (χ1n) is 6.11. The quantitative estimate of drug-likeness (QED) is 0.705. The van der Waals surface area contributed by atoms with Crippen LogP contribution in [-0.2, 0) is 11.8 Å². The van der Waals surface area contributed by atoms with Crippen LogP contribution in [-0.4, -0.2) is 4.98 Å². The number of pyridine rings is 1. The van der Waals surface area contributed by atoms with Gasteiger partial charge in [0.15, 0.2) is 0 Å². The van der Waals surface area contributed by atoms with Gasteiger partial charge in [0, 0.05) is 22.1 Å². The molecule has 0 aliphatic heterocycles. The Kier molecular flexibility index (Phi) is 4.83. The zero-order chi connectivity index (χ0) is 13.8. The molecule has 0 bridgehead atoms. The molecule has 0 saturated heterocycles. The number of halogens is 2. The Hall–Kier alpha value is -1.06. The molecule has 0 amide bonds. The molecule has 0 saturated carbocycles. The molecule has 100 valence electrons. The van der Waals surface area contributed by atoms with Gasteiger partial charge in [-0.25, -0.2) is 4.98 Å². The monoisotopic (exact) mass is 339 g/mol. The molecular weight excluding hydrogens is 326 g/mol. The van der Waals surface area contributed by atoms with Crippen molar-refractivity contribution in [2.24, 2.45) is 0 Å². The highest BCUT2D eigenvalue weighted by Gasteiger charge is 2.06. The van der Waals surface area contributed by atoms with Gasteiger partial charge in [0.25, 0.3) is 0 Å². The number of hydrogen-bond donors (Lipinski definition) is 0. The van der Waals surface area contributed by atoms with Crippen LogP contribution in [0.4, 0.5) is 0 Å². The van der Waals surface area contributed by atoms with Crippen LogP contribution in [0.2, 0.25) is 5.02 Å². The molecule has 0 radical (unpaired) electrons. The van der Waals surface area contributed by atoms with E-state index in [1.165, 1.54) is 0 Å². The molecule has 2 nitrogen and oxygen atoms in total. The SMILES string of the molecule is CCc1cc(Oc2ncc(CBr)cc2C)ccc1Cl. The smallest absolute Gasteiger partial charge is 0.222 e. The first-order valence-corrected chi connectivity index (χ1v) is 7.61. The van der Waals surface area contributed by atoms with Gasteiger partial charge in [-0.05, 0) is 48.7 Å². The van der Waals surface area contributed by atoms with Crippen molar-refractivity contribution in [3.8, 4) is 11.6 Å². The lowest BCUT2D eigenvalue weighted by atomic mass is 10.1. The van der Waals surface area contributed by atoms with Crippen LogP contribution in [0, 0.1) is 6.92 Å². The van der Waals surface area contributed by atoms with Gasteiger partial charge in [0.1, 0.15) is 5.75 Å². The number of benzene rings is 1. The van der Waals surface area contributed by atoms with E-state index in [2.05, 4.69) is 33.9 Å². The van der Waals surface area contributed by atoms with Crippen LogP contribution in [0.1, 0.15) is 23.6 Å². The van der Waals surface area contributed by atoms with Crippen molar-refractivity contribution >= 4 is 27.5 Å². The van der Waals surface area contributed by atoms with E-state index in [4.69, 9.17) is 16.3 Å². The van der Waals surface area contributed by atoms with Crippen molar-refractivity contribution in [2.45, 2.75) is 25.6 Å². The van der Waals surface area contributed by atoms with Crippen molar-refractivity contribution < 1.29 is 4.74 Å². The Balaban J connectivity index is 2.26. The summed E-state index contributed by atoms with van der Waals surface area (Å²) in [5, 5.41) is 1.57. The van der Waals surface area contributed by atoms with Crippen molar-refractivity contribution in [2.75, 3.05) is 0 Å². The zero-order valence-corrected chi connectivity index (χ0v) is 13.3. The van der Waals surface area contributed by atoms with Gasteiger partial charge in [-0.15, -0.1) is 0 Å². The van der Waals surface area contributed by atoms with Gasteiger partial charge >= 0.3 is 0 Å². The van der Waals surface area contributed by atoms with Crippen LogP contribution in [0.3, 0.4) is 0 Å². The van der Waals surface area contributed by atoms with Crippen LogP contribution >= 0.6 is 27.5 Å². The third-order valence-electron chi connectivity index (χ3n) is 2.85. The minimum atomic E-state index is 0.633. The van der Waals surface area contributed by atoms with Crippen molar-refractivity contribution in [1.82, 2.24) is 4.98 Å². The first kappa shape index (κ1) is 14.4. The molecule has 1 heterocycles. The summed E-state index contributed by atoms with van der Waals surface area (Å²) in [5.41, 5.74) is 3.23. The molecule has 19 heavy (non-hydrogen) atoms. The summed E-state index contributed by atoms with van der Waals surface area (Å²) in [6.45, 7) is 4.06. The number of ether oxygens (including phenoxy) is 1. The minimum absolute atomic E-state index is 0.633. The van der Waals surface area contributed by atoms with Gasteiger partial charge in [0.05, 0.1) is 0 Å². The summed E-state index contributed by atoms with van der Waals surface area (Å²) in [6, 6.07) is 7.74. The summed E-state index contributed by atoms with van der Waals surface area (Å²) < 4.78 is 5.82. The fourth-order valence-corrected chi connectivity index (χ4v) is 2.36. The summed E-state index contributed by atoms with van der Waals surface area (Å²) >= 11 is 9.51. The standard InChI is InChI=1S/C15H15BrClNO/c1-3-12-7-13(4-5-14(12)17)19-15-10(2)6-11(8-16)9-18-15/h4-7,9H,3,8H2,1-2H3. The fourth-order valence-electron chi connectivity index (χ4n) is 1.80. The molecule has 0 aliphatic rings. The van der Waals surface area contributed by atoms with E-state index in [1.807, 2.05) is 31.3 Å². The fraction of sp³-hybridized carbons (Fsp3) is 0.267. The molecule has 4 heteroatoms. The normalized spacial score (nSPS) is 10.5. The van der Waals surface area contributed by atoms with E-state index >= 15 is 0 Å². The van der Waals surface area contributed by atoms with Gasteiger partial charge in [-0.1, -0.05) is 34.5 Å². The molecule has 1 aromatic heterocycles. The van der Waals surface area contributed by atoms with Crippen LogP contribution in [0.15, 0.2) is 30.5 Å². The number of rotatable bonds is 4. The van der Waals surface area contributed by atoms with Gasteiger partial charge in [-0.2, -0.15) is 0 Å². The maximum absolute atomic E-state index is 6.09. The van der Waals surface area contributed by atoms with E-state index in [-0.39, 0.29) is 0 Å². The Morgan fingerprint density at radius 2 is 2.11 bits per heavy atom. The Morgan fingerprint density at radius 3 is 2.74 bits per heavy atom. The molecule has 1 aromatic carbocycles. The molecule has 0 atom stereocenters. The Labute approximate surface area is 126 Å². The van der Waals surface area contributed by atoms with E-state index in [0.717, 1.165) is 39.2 Å². The lowest BCUT2D eigenvalue weighted by Gasteiger charge is -2.10. The lowest BCUT2D eigenvalue weighted by molar-refractivity contribution is 0.458. The maximum atomic E-state index is 6.09. The van der Waals surface area contributed by atoms with Crippen LogP contribution in [0.5, 0.6) is 11.6 Å².